The summed E-state index contributed by atoms with van der Waals surface area (Å²) in [6.07, 6.45) is 1.57. The molecule has 51 heavy (non-hydrogen) atoms. The maximum atomic E-state index is 13.5. The molecule has 1 fully saturated rings. The van der Waals surface area contributed by atoms with Gasteiger partial charge in [0.25, 0.3) is 10.0 Å². The quantitative estimate of drug-likeness (QED) is 0.0470. The van der Waals surface area contributed by atoms with Crippen molar-refractivity contribution in [3.8, 4) is 5.75 Å². The number of aliphatic carboxylic acids is 1. The lowest BCUT2D eigenvalue weighted by Gasteiger charge is -2.28. The van der Waals surface area contributed by atoms with E-state index in [1.54, 1.807) is 20.8 Å². The number of nitrogens with two attached hydrogens (primary N) is 1. The molecule has 2 aliphatic heterocycles. The molecule has 284 valence electrons. The van der Waals surface area contributed by atoms with Crippen LogP contribution in [0.3, 0.4) is 0 Å². The Morgan fingerprint density at radius 2 is 1.78 bits per heavy atom. The maximum Gasteiger partial charge on any atom is 0.322 e. The summed E-state index contributed by atoms with van der Waals surface area (Å²) in [4.78, 5) is 62.9. The third-order valence-electron chi connectivity index (χ3n) is 8.69. The number of amides is 4. The van der Waals surface area contributed by atoms with Gasteiger partial charge in [0, 0.05) is 37.8 Å². The molecule has 19 heteroatoms. The van der Waals surface area contributed by atoms with Crippen molar-refractivity contribution in [2.45, 2.75) is 102 Å². The number of ether oxygens (including phenoxy) is 1. The van der Waals surface area contributed by atoms with Crippen LogP contribution in [0.4, 0.5) is 0 Å². The summed E-state index contributed by atoms with van der Waals surface area (Å²) in [7, 11) is -4.17. The van der Waals surface area contributed by atoms with Gasteiger partial charge in [-0.05, 0) is 77.0 Å². The minimum atomic E-state index is -4.17. The monoisotopic (exact) mass is 754 g/mol. The molecule has 17 nitrogen and oxygen atoms in total. The number of hydrogen-bond acceptors (Lipinski definition) is 11. The van der Waals surface area contributed by atoms with Crippen molar-refractivity contribution in [3.05, 3.63) is 22.3 Å². The molecule has 2 aliphatic rings. The Hall–Kier alpha value is -4.10. The lowest BCUT2D eigenvalue weighted by molar-refractivity contribution is -0.140. The first-order valence-corrected chi connectivity index (χ1v) is 19.2. The van der Waals surface area contributed by atoms with Gasteiger partial charge in [0.1, 0.15) is 30.0 Å². The van der Waals surface area contributed by atoms with Crippen LogP contribution in [0, 0.1) is 26.2 Å². The van der Waals surface area contributed by atoms with Crippen LogP contribution < -0.4 is 36.5 Å². The fourth-order valence-corrected chi connectivity index (χ4v) is 8.48. The molecule has 0 unspecified atom stereocenters. The molecule has 0 saturated carbocycles. The number of benzene rings is 1. The normalized spacial score (nSPS) is 17.4. The minimum Gasteiger partial charge on any atom is -0.487 e. The number of sulfonamides is 1. The Morgan fingerprint density at radius 1 is 1.10 bits per heavy atom. The van der Waals surface area contributed by atoms with Gasteiger partial charge in [-0.2, -0.15) is 0 Å². The van der Waals surface area contributed by atoms with E-state index in [-0.39, 0.29) is 48.4 Å². The molecule has 0 aromatic heterocycles. The summed E-state index contributed by atoms with van der Waals surface area (Å²) >= 11 is 1.26. The summed E-state index contributed by atoms with van der Waals surface area (Å²) in [5, 5.41) is 27.5. The van der Waals surface area contributed by atoms with Crippen LogP contribution in [0.1, 0.15) is 68.7 Å². The van der Waals surface area contributed by atoms with E-state index in [1.165, 1.54) is 23.6 Å². The van der Waals surface area contributed by atoms with Gasteiger partial charge in [0.15, 0.2) is 0 Å². The second-order valence-corrected chi connectivity index (χ2v) is 16.0. The predicted octanol–water partition coefficient (Wildman–Crippen LogP) is -0.261. The number of guanidine groups is 1. The van der Waals surface area contributed by atoms with E-state index in [4.69, 9.17) is 21.0 Å². The van der Waals surface area contributed by atoms with E-state index in [9.17, 15) is 32.4 Å². The maximum absolute atomic E-state index is 13.5. The molecule has 0 bridgehead atoms. The van der Waals surface area contributed by atoms with E-state index in [1.807, 2.05) is 13.8 Å². The van der Waals surface area contributed by atoms with Crippen molar-refractivity contribution < 1.29 is 42.2 Å². The number of hydrogen-bond donors (Lipinski definition) is 8. The summed E-state index contributed by atoms with van der Waals surface area (Å²) in [5.74, 6) is -2.64. The number of thioether (sulfide) groups is 1. The van der Waals surface area contributed by atoms with Crippen LogP contribution in [-0.2, 0) is 40.4 Å². The first-order valence-electron chi connectivity index (χ1n) is 16.6. The van der Waals surface area contributed by atoms with E-state index >= 15 is 0 Å². The van der Waals surface area contributed by atoms with Crippen LogP contribution in [0.15, 0.2) is 4.90 Å². The van der Waals surface area contributed by atoms with Crippen molar-refractivity contribution >= 4 is 57.3 Å². The molecule has 0 radical (unpaired) electrons. The highest BCUT2D eigenvalue weighted by atomic mass is 32.2. The van der Waals surface area contributed by atoms with Gasteiger partial charge in [-0.1, -0.05) is 0 Å². The average Bonchev–Trinajstić information content (AvgIpc) is 3.66. The fraction of sp³-hybridized carbons (Fsp3) is 0.625. The van der Waals surface area contributed by atoms with E-state index < -0.39 is 69.9 Å². The van der Waals surface area contributed by atoms with Crippen LogP contribution in [-0.4, -0.2) is 109 Å². The van der Waals surface area contributed by atoms with Gasteiger partial charge in [-0.3, -0.25) is 29.4 Å². The Kier molecular flexibility index (Phi) is 14.1. The van der Waals surface area contributed by atoms with Crippen molar-refractivity contribution in [3.63, 3.8) is 0 Å². The zero-order valence-electron chi connectivity index (χ0n) is 29.9. The first-order chi connectivity index (χ1) is 23.8. The smallest absolute Gasteiger partial charge is 0.322 e. The molecule has 9 N–H and O–H groups in total. The molecule has 0 aliphatic carbocycles. The molecule has 3 atom stereocenters. The van der Waals surface area contributed by atoms with Crippen molar-refractivity contribution in [1.29, 1.82) is 5.41 Å². The minimum absolute atomic E-state index is 0.00219. The van der Waals surface area contributed by atoms with Crippen molar-refractivity contribution in [1.82, 2.24) is 30.9 Å². The summed E-state index contributed by atoms with van der Waals surface area (Å²) in [6.45, 7) is 10.1. The summed E-state index contributed by atoms with van der Waals surface area (Å²) in [6, 6.07) is -3.01. The van der Waals surface area contributed by atoms with Crippen LogP contribution in [0.5, 0.6) is 5.75 Å². The molecule has 1 saturated heterocycles. The Balaban J connectivity index is 1.61. The molecule has 0 spiro atoms. The second-order valence-electron chi connectivity index (χ2n) is 13.3. The fourth-order valence-electron chi connectivity index (χ4n) is 6.14. The number of carbonyl (C=O) groups is 5. The largest absolute Gasteiger partial charge is 0.487 e. The van der Waals surface area contributed by atoms with Gasteiger partial charge in [0.05, 0.1) is 16.8 Å². The Labute approximate surface area is 302 Å². The van der Waals surface area contributed by atoms with Crippen molar-refractivity contribution in [2.75, 3.05) is 31.3 Å². The predicted molar refractivity (Wildman–Crippen MR) is 191 cm³/mol. The molecule has 2 heterocycles. The highest BCUT2D eigenvalue weighted by Crippen LogP contribution is 2.43. The van der Waals surface area contributed by atoms with Gasteiger partial charge < -0.3 is 41.7 Å². The number of nitrogens with zero attached hydrogens (tertiary/aromatic N) is 1. The number of carbonyl (C=O) groups excluding carboxylic acids is 4. The summed E-state index contributed by atoms with van der Waals surface area (Å²) < 4.78 is 35.3. The van der Waals surface area contributed by atoms with Gasteiger partial charge >= 0.3 is 5.97 Å². The molecule has 1 aromatic carbocycles. The highest BCUT2D eigenvalue weighted by Gasteiger charge is 2.38. The highest BCUT2D eigenvalue weighted by molar-refractivity contribution is 7.99. The zero-order valence-corrected chi connectivity index (χ0v) is 31.5. The van der Waals surface area contributed by atoms with Crippen LogP contribution in [0.2, 0.25) is 0 Å². The lowest BCUT2D eigenvalue weighted by Crippen LogP contribution is -2.56. The number of rotatable bonds is 16. The average molecular weight is 755 g/mol. The summed E-state index contributed by atoms with van der Waals surface area (Å²) in [5.41, 5.74) is 8.18. The number of fused-ring (bicyclic) bond motifs is 1. The van der Waals surface area contributed by atoms with Gasteiger partial charge in [-0.25, -0.2) is 13.1 Å². The molecular weight excluding hydrogens is 705 g/mol. The third-order valence-corrected chi connectivity index (χ3v) is 11.3. The van der Waals surface area contributed by atoms with Crippen LogP contribution in [0.25, 0.3) is 0 Å². The van der Waals surface area contributed by atoms with E-state index in [0.29, 0.717) is 41.7 Å². The topological polar surface area (TPSA) is 262 Å². The number of nitrogens with one attached hydrogen (secondary N) is 6. The first kappa shape index (κ1) is 41.3. The van der Waals surface area contributed by atoms with Gasteiger partial charge in [-0.15, -0.1) is 11.8 Å². The Bertz CT molecular complexity index is 1650. The Morgan fingerprint density at radius 3 is 2.43 bits per heavy atom. The number of carboxylic acids is 1. The van der Waals surface area contributed by atoms with Crippen molar-refractivity contribution in [2.24, 2.45) is 5.73 Å². The third kappa shape index (κ3) is 10.9. The molecular formula is C32H50N8O9S2. The van der Waals surface area contributed by atoms with Gasteiger partial charge in [0.2, 0.25) is 29.6 Å². The van der Waals surface area contributed by atoms with E-state index in [2.05, 4.69) is 26.0 Å². The molecule has 4 amide bonds. The van der Waals surface area contributed by atoms with E-state index in [0.717, 1.165) is 5.56 Å². The molecule has 1 aromatic rings. The van der Waals surface area contributed by atoms with Crippen LogP contribution >= 0.6 is 11.8 Å². The lowest BCUT2D eigenvalue weighted by atomic mass is 9.94. The number of likely N-dealkylation sites (tertiary alicyclic amines) is 1. The molecule has 3 rings (SSSR count). The standard InChI is InChI=1S/C32H50N8O9S2/c1-17-18(2)27(19(3)21-13-32(5,6)49-26(17)21)51(47,48)39-31(34)35-11-7-9-23(28(44)36-14-25(42)43)38-29(45)24-10-8-12-40(24)30(46)22(33)15-50-16-37-20(4)41/h22-24H,7-16,33H2,1-6H3,(H,36,44)(H,37,41)(H,38,45)(H,42,43)(H3,34,35,39)/t22-,23-,24-/m0/s1. The zero-order chi connectivity index (χ0) is 38.3. The SMILES string of the molecule is CC(=O)NCSC[C@H](N)C(=O)N1CCC[C@H]1C(=O)N[C@@H](CCCNC(=N)NS(=O)(=O)c1c(C)c(C)c2c(c1C)CC(C)(C)O2)C(=O)NCC(=O)O. The number of carboxylic acid groups (broad SMARTS) is 1. The second kappa shape index (κ2) is 17.4.